The van der Waals surface area contributed by atoms with Crippen LogP contribution in [0.3, 0.4) is 0 Å². The van der Waals surface area contributed by atoms with E-state index >= 15 is 0 Å². The summed E-state index contributed by atoms with van der Waals surface area (Å²) in [5, 5.41) is 0. The molecule has 3 aliphatic carbocycles. The molecule has 5 rings (SSSR count). The molecular formula is C23H31BrN4O2S. The van der Waals surface area contributed by atoms with Crippen molar-refractivity contribution in [3.63, 3.8) is 0 Å². The molecule has 2 saturated carbocycles. The monoisotopic (exact) mass is 506 g/mol. The maximum absolute atomic E-state index is 13.3. The van der Waals surface area contributed by atoms with Crippen LogP contribution in [-0.4, -0.2) is 41.3 Å². The van der Waals surface area contributed by atoms with Gasteiger partial charge in [-0.2, -0.15) is 0 Å². The number of aromatic nitrogens is 1. The van der Waals surface area contributed by atoms with Gasteiger partial charge in [-0.3, -0.25) is 9.59 Å². The number of hydrogen-bond acceptors (Lipinski definition) is 5. The molecule has 8 heteroatoms. The fourth-order valence-corrected chi connectivity index (χ4v) is 8.87. The molecule has 6 nitrogen and oxygen atoms in total. The van der Waals surface area contributed by atoms with Gasteiger partial charge in [0, 0.05) is 11.1 Å². The van der Waals surface area contributed by atoms with E-state index in [1.54, 1.807) is 6.20 Å². The van der Waals surface area contributed by atoms with Crippen LogP contribution >= 0.6 is 27.3 Å². The zero-order valence-electron chi connectivity index (χ0n) is 17.8. The van der Waals surface area contributed by atoms with Crippen molar-refractivity contribution in [3.8, 4) is 0 Å². The first kappa shape index (κ1) is 21.6. The van der Waals surface area contributed by atoms with Gasteiger partial charge in [-0.05, 0) is 97.8 Å². The second-order valence-electron chi connectivity index (χ2n) is 10.0. The Labute approximate surface area is 196 Å². The molecule has 0 radical (unpaired) electrons. The number of rotatable bonds is 9. The predicted octanol–water partition coefficient (Wildman–Crippen LogP) is 3.25. The highest BCUT2D eigenvalue weighted by atomic mass is 79.9. The summed E-state index contributed by atoms with van der Waals surface area (Å²) in [5.41, 5.74) is 10.5. The topological polar surface area (TPSA) is 102 Å². The van der Waals surface area contributed by atoms with Gasteiger partial charge in [-0.25, -0.2) is 4.98 Å². The normalized spacial score (nSPS) is 35.3. The van der Waals surface area contributed by atoms with E-state index < -0.39 is 10.8 Å². The van der Waals surface area contributed by atoms with E-state index in [4.69, 9.17) is 11.5 Å². The third-order valence-electron chi connectivity index (χ3n) is 8.77. The molecule has 1 aromatic heterocycles. The molecule has 168 valence electrons. The van der Waals surface area contributed by atoms with Gasteiger partial charge in [-0.1, -0.05) is 18.6 Å². The number of nitrogens with zero attached hydrogens (tertiary/aromatic N) is 2. The van der Waals surface area contributed by atoms with Crippen LogP contribution in [-0.2, 0) is 16.0 Å². The summed E-state index contributed by atoms with van der Waals surface area (Å²) in [7, 11) is 0. The average Bonchev–Trinajstić information content (AvgIpc) is 3.02. The zero-order valence-corrected chi connectivity index (χ0v) is 20.2. The fourth-order valence-electron chi connectivity index (χ4n) is 7.42. The van der Waals surface area contributed by atoms with Crippen molar-refractivity contribution in [2.45, 2.75) is 51.4 Å². The van der Waals surface area contributed by atoms with Crippen LogP contribution in [0.2, 0.25) is 0 Å². The molecule has 3 fully saturated rings. The summed E-state index contributed by atoms with van der Waals surface area (Å²) in [5.74, 6) is -0.731. The number of halogens is 1. The Morgan fingerprint density at radius 1 is 1.10 bits per heavy atom. The highest BCUT2D eigenvalue weighted by molar-refractivity contribution is 9.11. The van der Waals surface area contributed by atoms with E-state index in [9.17, 15) is 9.59 Å². The summed E-state index contributed by atoms with van der Waals surface area (Å²) in [6, 6.07) is 0. The van der Waals surface area contributed by atoms with E-state index in [2.05, 4.69) is 38.0 Å². The third-order valence-corrected chi connectivity index (χ3v) is 10.2. The molecule has 1 aliphatic heterocycles. The number of thiazole rings is 1. The number of carbonyl (C=O) groups is 2. The number of nitrogens with two attached hydrogens (primary N) is 2. The maximum atomic E-state index is 13.3. The molecule has 2 amide bonds. The first-order chi connectivity index (χ1) is 14.9. The Kier molecular flexibility index (Phi) is 5.34. The SMILES string of the molecule is NC(=O)[C@]1(CCCCN2CCCC2)[C@@H]2C=C[C@@H](C23CC3)[C@@]1(Cc1cnc(Br)s1)C(N)=O. The van der Waals surface area contributed by atoms with Gasteiger partial charge in [0.2, 0.25) is 11.8 Å². The Bertz CT molecular complexity index is 922. The molecule has 0 aromatic carbocycles. The number of primary amides is 2. The van der Waals surface area contributed by atoms with Gasteiger partial charge < -0.3 is 16.4 Å². The lowest BCUT2D eigenvalue weighted by molar-refractivity contribution is -0.151. The van der Waals surface area contributed by atoms with Gasteiger partial charge in [0.15, 0.2) is 3.92 Å². The fraction of sp³-hybridized carbons (Fsp3) is 0.696. The lowest BCUT2D eigenvalue weighted by Crippen LogP contribution is -2.60. The third kappa shape index (κ3) is 3.00. The summed E-state index contributed by atoms with van der Waals surface area (Å²) in [6.45, 7) is 3.39. The van der Waals surface area contributed by atoms with Gasteiger partial charge in [-0.15, -0.1) is 11.3 Å². The van der Waals surface area contributed by atoms with Crippen molar-refractivity contribution < 1.29 is 9.59 Å². The van der Waals surface area contributed by atoms with E-state index in [1.807, 2.05) is 0 Å². The van der Waals surface area contributed by atoms with Crippen molar-refractivity contribution in [2.24, 2.45) is 39.5 Å². The minimum absolute atomic E-state index is 0.0122. The van der Waals surface area contributed by atoms with Crippen molar-refractivity contribution >= 4 is 39.1 Å². The second-order valence-corrected chi connectivity index (χ2v) is 12.4. The average molecular weight is 507 g/mol. The molecule has 1 spiro atoms. The second kappa shape index (κ2) is 7.66. The van der Waals surface area contributed by atoms with Crippen LogP contribution < -0.4 is 11.5 Å². The molecule has 0 unspecified atom stereocenters. The number of carbonyl (C=O) groups excluding carboxylic acids is 2. The van der Waals surface area contributed by atoms with E-state index in [0.717, 1.165) is 41.0 Å². The molecule has 31 heavy (non-hydrogen) atoms. The maximum Gasteiger partial charge on any atom is 0.225 e. The number of amides is 2. The molecule has 4 aliphatic rings. The quantitative estimate of drug-likeness (QED) is 0.396. The minimum Gasteiger partial charge on any atom is -0.369 e. The van der Waals surface area contributed by atoms with E-state index in [0.29, 0.717) is 12.8 Å². The van der Waals surface area contributed by atoms with Crippen molar-refractivity contribution in [1.82, 2.24) is 9.88 Å². The Hall–Kier alpha value is -1.25. The van der Waals surface area contributed by atoms with Gasteiger partial charge in [0.1, 0.15) is 0 Å². The largest absolute Gasteiger partial charge is 0.369 e. The van der Waals surface area contributed by atoms with Crippen molar-refractivity contribution in [2.75, 3.05) is 19.6 Å². The van der Waals surface area contributed by atoms with E-state index in [1.165, 1.54) is 37.3 Å². The molecule has 2 bridgehead atoms. The predicted molar refractivity (Wildman–Crippen MR) is 124 cm³/mol. The minimum atomic E-state index is -0.978. The molecule has 2 heterocycles. The lowest BCUT2D eigenvalue weighted by atomic mass is 9.53. The number of likely N-dealkylation sites (tertiary alicyclic amines) is 1. The smallest absolute Gasteiger partial charge is 0.225 e. The molecular weight excluding hydrogens is 476 g/mol. The number of hydrogen-bond donors (Lipinski definition) is 2. The number of allylic oxidation sites excluding steroid dienone is 2. The van der Waals surface area contributed by atoms with Crippen molar-refractivity contribution in [3.05, 3.63) is 27.1 Å². The van der Waals surface area contributed by atoms with Crippen LogP contribution in [0.1, 0.15) is 49.8 Å². The highest BCUT2D eigenvalue weighted by Crippen LogP contribution is 2.81. The van der Waals surface area contributed by atoms with Gasteiger partial charge in [0.25, 0.3) is 0 Å². The lowest BCUT2D eigenvalue weighted by Gasteiger charge is -2.47. The van der Waals surface area contributed by atoms with Crippen molar-refractivity contribution in [1.29, 1.82) is 0 Å². The molecule has 4 N–H and O–H groups in total. The molecule has 4 atom stereocenters. The first-order valence-corrected chi connectivity index (χ1v) is 13.1. The van der Waals surface area contributed by atoms with E-state index in [-0.39, 0.29) is 29.1 Å². The Balaban J connectivity index is 1.50. The standard InChI is InChI=1S/C23H31BrN4O2S/c24-20-27-14-15(31-20)13-23(19(26)30)17-6-5-16(21(17)8-9-21)22(23,18(25)29)7-1-2-10-28-11-3-4-12-28/h5-6,14,16-17H,1-4,7-13H2,(H2,25,29)(H2,26,30)/t16-,17+,22+,23+/m1/s1. The summed E-state index contributed by atoms with van der Waals surface area (Å²) in [6.07, 6.45) is 13.8. The van der Waals surface area contributed by atoms with Crippen LogP contribution in [0, 0.1) is 28.1 Å². The zero-order chi connectivity index (χ0) is 21.9. The van der Waals surface area contributed by atoms with Crippen LogP contribution in [0.5, 0.6) is 0 Å². The number of unbranched alkanes of at least 4 members (excludes halogenated alkanes) is 1. The Morgan fingerprint density at radius 3 is 2.29 bits per heavy atom. The Morgan fingerprint density at radius 2 is 1.74 bits per heavy atom. The van der Waals surface area contributed by atoms with Crippen LogP contribution in [0.4, 0.5) is 0 Å². The summed E-state index contributed by atoms with van der Waals surface area (Å²) < 4.78 is 0.775. The summed E-state index contributed by atoms with van der Waals surface area (Å²) in [4.78, 5) is 34.5. The van der Waals surface area contributed by atoms with Crippen LogP contribution in [0.15, 0.2) is 22.3 Å². The van der Waals surface area contributed by atoms with Crippen LogP contribution in [0.25, 0.3) is 0 Å². The van der Waals surface area contributed by atoms with Gasteiger partial charge in [0.05, 0.1) is 10.8 Å². The van der Waals surface area contributed by atoms with Gasteiger partial charge >= 0.3 is 0 Å². The molecule has 1 saturated heterocycles. The highest BCUT2D eigenvalue weighted by Gasteiger charge is 2.81. The first-order valence-electron chi connectivity index (χ1n) is 11.5. The summed E-state index contributed by atoms with van der Waals surface area (Å²) >= 11 is 4.94. The molecule has 1 aromatic rings.